The number of likely N-dealkylation sites (tertiary alicyclic amines) is 1. The normalized spacial score (nSPS) is 16.3. The van der Waals surface area contributed by atoms with E-state index in [4.69, 9.17) is 0 Å². The summed E-state index contributed by atoms with van der Waals surface area (Å²) < 4.78 is 1.86. The number of aryl methyl sites for hydroxylation is 3. The maximum Gasteiger partial charge on any atom is 0.254 e. The molecule has 0 spiro atoms. The number of carbonyl (C=O) groups excluding carboxylic acids is 2. The predicted molar refractivity (Wildman–Crippen MR) is 168 cm³/mol. The summed E-state index contributed by atoms with van der Waals surface area (Å²) in [5.41, 5.74) is 4.71. The standard InChI is InChI=1S/C33H40N6O3S/c1-4-38-20-25(18-35-38)17-34-19-30(40)28(15-24-9-6-5-7-10-24)37-31(41)26-13-22(2)14-27(16-26)33(42)39-12-8-11-29(39)32-36-23(3)21-43-32/h5-7,9-10,13-14,16,18,20-21,28-30,34,40H,4,8,11-12,15,17,19H2,1-3H3,(H,37,41)/t28-,29+,30-/m0/s1. The highest BCUT2D eigenvalue weighted by molar-refractivity contribution is 7.09. The number of hydrogen-bond acceptors (Lipinski definition) is 7. The molecular formula is C33H40N6O3S. The largest absolute Gasteiger partial charge is 0.390 e. The molecule has 1 fully saturated rings. The van der Waals surface area contributed by atoms with Gasteiger partial charge in [-0.15, -0.1) is 11.3 Å². The molecule has 2 aromatic carbocycles. The average Bonchev–Trinajstić information content (AvgIpc) is 3.77. The zero-order valence-electron chi connectivity index (χ0n) is 25.0. The Labute approximate surface area is 257 Å². The first-order valence-electron chi connectivity index (χ1n) is 14.9. The average molecular weight is 601 g/mol. The Hall–Kier alpha value is -3.86. The number of nitrogens with zero attached hydrogens (tertiary/aromatic N) is 4. The van der Waals surface area contributed by atoms with Crippen molar-refractivity contribution in [3.05, 3.63) is 105 Å². The number of rotatable bonds is 12. The van der Waals surface area contributed by atoms with Crippen LogP contribution in [0.25, 0.3) is 0 Å². The molecule has 0 aliphatic carbocycles. The first-order valence-corrected chi connectivity index (χ1v) is 15.8. The Morgan fingerprint density at radius 2 is 1.91 bits per heavy atom. The summed E-state index contributed by atoms with van der Waals surface area (Å²) in [6.45, 7) is 8.19. The van der Waals surface area contributed by atoms with Gasteiger partial charge in [-0.25, -0.2) is 4.98 Å². The van der Waals surface area contributed by atoms with Crippen molar-refractivity contribution in [2.24, 2.45) is 0 Å². The lowest BCUT2D eigenvalue weighted by atomic mass is 9.99. The Balaban J connectivity index is 1.29. The Kier molecular flexibility index (Phi) is 10.0. The van der Waals surface area contributed by atoms with E-state index < -0.39 is 12.1 Å². The summed E-state index contributed by atoms with van der Waals surface area (Å²) in [5.74, 6) is -0.417. The molecule has 10 heteroatoms. The molecule has 3 heterocycles. The van der Waals surface area contributed by atoms with Crippen molar-refractivity contribution in [3.63, 3.8) is 0 Å². The van der Waals surface area contributed by atoms with Gasteiger partial charge in [-0.05, 0) is 69.4 Å². The van der Waals surface area contributed by atoms with Crippen molar-refractivity contribution >= 4 is 23.2 Å². The molecule has 1 aliphatic rings. The molecule has 0 unspecified atom stereocenters. The molecular weight excluding hydrogens is 560 g/mol. The molecule has 9 nitrogen and oxygen atoms in total. The van der Waals surface area contributed by atoms with E-state index in [0.29, 0.717) is 37.2 Å². The number of thiazole rings is 1. The quantitative estimate of drug-likeness (QED) is 0.222. The molecule has 3 N–H and O–H groups in total. The van der Waals surface area contributed by atoms with Crippen molar-refractivity contribution < 1.29 is 14.7 Å². The maximum atomic E-state index is 13.7. The molecule has 1 saturated heterocycles. The first kappa shape index (κ1) is 30.6. The first-order chi connectivity index (χ1) is 20.8. The van der Waals surface area contributed by atoms with E-state index >= 15 is 0 Å². The van der Waals surface area contributed by atoms with Gasteiger partial charge in [0, 0.05) is 60.1 Å². The maximum absolute atomic E-state index is 13.7. The number of hydrogen-bond donors (Lipinski definition) is 3. The lowest BCUT2D eigenvalue weighted by Gasteiger charge is -2.26. The zero-order chi connectivity index (χ0) is 30.3. The van der Waals surface area contributed by atoms with Crippen molar-refractivity contribution in [1.82, 2.24) is 30.3 Å². The van der Waals surface area contributed by atoms with Crippen LogP contribution in [0.5, 0.6) is 0 Å². The van der Waals surface area contributed by atoms with Crippen LogP contribution in [0.2, 0.25) is 0 Å². The molecule has 1 aliphatic heterocycles. The van der Waals surface area contributed by atoms with Crippen LogP contribution < -0.4 is 10.6 Å². The molecule has 4 aromatic rings. The van der Waals surface area contributed by atoms with E-state index in [-0.39, 0.29) is 17.9 Å². The summed E-state index contributed by atoms with van der Waals surface area (Å²) in [4.78, 5) is 33.9. The minimum Gasteiger partial charge on any atom is -0.390 e. The van der Waals surface area contributed by atoms with Gasteiger partial charge in [0.2, 0.25) is 0 Å². The third kappa shape index (κ3) is 7.76. The van der Waals surface area contributed by atoms with E-state index in [1.54, 1.807) is 23.5 Å². The number of benzene rings is 2. The van der Waals surface area contributed by atoms with Gasteiger partial charge in [-0.2, -0.15) is 5.10 Å². The lowest BCUT2D eigenvalue weighted by Crippen LogP contribution is -2.48. The predicted octanol–water partition coefficient (Wildman–Crippen LogP) is 4.45. The van der Waals surface area contributed by atoms with Crippen LogP contribution in [-0.4, -0.2) is 61.8 Å². The Morgan fingerprint density at radius 3 is 2.63 bits per heavy atom. The van der Waals surface area contributed by atoms with Crippen LogP contribution in [-0.2, 0) is 19.5 Å². The van der Waals surface area contributed by atoms with Crippen molar-refractivity contribution in [2.45, 2.75) is 71.3 Å². The van der Waals surface area contributed by atoms with E-state index in [1.165, 1.54) is 0 Å². The summed E-state index contributed by atoms with van der Waals surface area (Å²) in [6, 6.07) is 14.5. The van der Waals surface area contributed by atoms with E-state index in [1.807, 2.05) is 84.5 Å². The molecule has 3 atom stereocenters. The molecule has 43 heavy (non-hydrogen) atoms. The lowest BCUT2D eigenvalue weighted by molar-refractivity contribution is 0.0735. The Bertz CT molecular complexity index is 1530. The smallest absolute Gasteiger partial charge is 0.254 e. The van der Waals surface area contributed by atoms with Gasteiger partial charge in [-0.3, -0.25) is 14.3 Å². The van der Waals surface area contributed by atoms with E-state index in [2.05, 4.69) is 20.7 Å². The van der Waals surface area contributed by atoms with E-state index in [0.717, 1.165) is 46.8 Å². The van der Waals surface area contributed by atoms with E-state index in [9.17, 15) is 14.7 Å². The fourth-order valence-electron chi connectivity index (χ4n) is 5.58. The van der Waals surface area contributed by atoms with Gasteiger partial charge >= 0.3 is 0 Å². The van der Waals surface area contributed by atoms with Crippen molar-refractivity contribution in [3.8, 4) is 0 Å². The summed E-state index contributed by atoms with van der Waals surface area (Å²) in [7, 11) is 0. The topological polar surface area (TPSA) is 112 Å². The summed E-state index contributed by atoms with van der Waals surface area (Å²) in [6.07, 6.45) is 5.20. The van der Waals surface area contributed by atoms with Gasteiger partial charge in [0.25, 0.3) is 11.8 Å². The molecule has 0 saturated carbocycles. The van der Waals surface area contributed by atoms with Gasteiger partial charge in [0.15, 0.2) is 0 Å². The van der Waals surface area contributed by atoms with Gasteiger partial charge < -0.3 is 20.6 Å². The molecule has 2 amide bonds. The molecule has 2 aromatic heterocycles. The molecule has 226 valence electrons. The summed E-state index contributed by atoms with van der Waals surface area (Å²) in [5, 5.41) is 24.8. The second kappa shape index (κ2) is 14.1. The van der Waals surface area contributed by atoms with Crippen LogP contribution in [0.3, 0.4) is 0 Å². The molecule has 0 bridgehead atoms. The van der Waals surface area contributed by atoms with Crippen LogP contribution in [0.4, 0.5) is 0 Å². The minimum absolute atomic E-state index is 0.0433. The molecule has 5 rings (SSSR count). The van der Waals surface area contributed by atoms with Crippen LogP contribution in [0, 0.1) is 13.8 Å². The third-order valence-corrected chi connectivity index (χ3v) is 8.86. The summed E-state index contributed by atoms with van der Waals surface area (Å²) >= 11 is 1.59. The van der Waals surface area contributed by atoms with Crippen LogP contribution >= 0.6 is 11.3 Å². The fraction of sp³-hybridized carbons (Fsp3) is 0.394. The van der Waals surface area contributed by atoms with Crippen LogP contribution in [0.15, 0.2) is 66.3 Å². The van der Waals surface area contributed by atoms with Gasteiger partial charge in [-0.1, -0.05) is 30.3 Å². The fourth-order valence-corrected chi connectivity index (χ4v) is 6.52. The number of nitrogens with one attached hydrogen (secondary N) is 2. The van der Waals surface area contributed by atoms with Gasteiger partial charge in [0.05, 0.1) is 24.4 Å². The highest BCUT2D eigenvalue weighted by atomic mass is 32.1. The number of aromatic nitrogens is 3. The minimum atomic E-state index is -0.844. The number of carbonyl (C=O) groups is 2. The van der Waals surface area contributed by atoms with Crippen LogP contribution in [0.1, 0.15) is 73.9 Å². The van der Waals surface area contributed by atoms with Crippen molar-refractivity contribution in [2.75, 3.05) is 13.1 Å². The monoisotopic (exact) mass is 600 g/mol. The van der Waals surface area contributed by atoms with Gasteiger partial charge in [0.1, 0.15) is 5.01 Å². The van der Waals surface area contributed by atoms with Crippen molar-refractivity contribution in [1.29, 1.82) is 0 Å². The second-order valence-electron chi connectivity index (χ2n) is 11.2. The zero-order valence-corrected chi connectivity index (χ0v) is 25.8. The number of aliphatic hydroxyl groups excluding tert-OH is 1. The Morgan fingerprint density at radius 1 is 1.12 bits per heavy atom. The second-order valence-corrected chi connectivity index (χ2v) is 12.1. The molecule has 0 radical (unpaired) electrons. The SMILES string of the molecule is CCn1cc(CNC[C@H](O)[C@H](Cc2ccccc2)NC(=O)c2cc(C)cc(C(=O)N3CCC[C@@H]3c3nc(C)cs3)c2)cn1. The highest BCUT2D eigenvalue weighted by Crippen LogP contribution is 2.35. The third-order valence-electron chi connectivity index (χ3n) is 7.79. The highest BCUT2D eigenvalue weighted by Gasteiger charge is 2.33. The number of aliphatic hydroxyl groups is 1. The number of amides is 2.